The Bertz CT molecular complexity index is 1230. The van der Waals surface area contributed by atoms with Crippen LogP contribution >= 0.6 is 11.8 Å². The van der Waals surface area contributed by atoms with Gasteiger partial charge in [-0.1, -0.05) is 30.0 Å². The lowest BCUT2D eigenvalue weighted by Gasteiger charge is -2.10. The van der Waals surface area contributed by atoms with Crippen molar-refractivity contribution in [2.45, 2.75) is 16.3 Å². The molecule has 0 radical (unpaired) electrons. The van der Waals surface area contributed by atoms with Crippen molar-refractivity contribution in [1.29, 1.82) is 5.26 Å². The molecule has 136 valence electrons. The molecule has 0 aliphatic carbocycles. The highest BCUT2D eigenvalue weighted by atomic mass is 32.2. The first-order valence-electron chi connectivity index (χ1n) is 8.50. The summed E-state index contributed by atoms with van der Waals surface area (Å²) < 4.78 is 2.03. The van der Waals surface area contributed by atoms with Crippen LogP contribution in [0.5, 0.6) is 0 Å². The van der Waals surface area contributed by atoms with Crippen molar-refractivity contribution in [2.24, 2.45) is 0 Å². The first-order valence-corrected chi connectivity index (χ1v) is 9.31. The van der Waals surface area contributed by atoms with Crippen molar-refractivity contribution in [1.82, 2.24) is 9.55 Å². The van der Waals surface area contributed by atoms with Crippen molar-refractivity contribution in [2.75, 3.05) is 0 Å². The van der Waals surface area contributed by atoms with E-state index in [1.165, 1.54) is 17.8 Å². The standard InChI is InChI=1S/C21H14N4O2S/c22-13-15-7-8-16-9-11-24(19(16)12-15)14-17-20(6-3-10-23-17)28-21-5-2-1-4-18(21)25(26)27/h1-12H,14H2. The van der Waals surface area contributed by atoms with Gasteiger partial charge in [0.15, 0.2) is 0 Å². The van der Waals surface area contributed by atoms with E-state index in [9.17, 15) is 10.1 Å². The molecule has 0 N–H and O–H groups in total. The van der Waals surface area contributed by atoms with Crippen LogP contribution in [0.2, 0.25) is 0 Å². The van der Waals surface area contributed by atoms with Gasteiger partial charge in [-0.25, -0.2) is 0 Å². The number of nitriles is 1. The van der Waals surface area contributed by atoms with E-state index >= 15 is 0 Å². The number of pyridine rings is 1. The van der Waals surface area contributed by atoms with Gasteiger partial charge in [0.25, 0.3) is 5.69 Å². The molecule has 6 nitrogen and oxygen atoms in total. The monoisotopic (exact) mass is 386 g/mol. The van der Waals surface area contributed by atoms with Crippen LogP contribution in [-0.4, -0.2) is 14.5 Å². The van der Waals surface area contributed by atoms with E-state index in [1.54, 1.807) is 30.5 Å². The topological polar surface area (TPSA) is 84.8 Å². The van der Waals surface area contributed by atoms with Gasteiger partial charge in [0.2, 0.25) is 0 Å². The van der Waals surface area contributed by atoms with Crippen molar-refractivity contribution in [3.05, 3.63) is 94.4 Å². The molecule has 28 heavy (non-hydrogen) atoms. The zero-order valence-electron chi connectivity index (χ0n) is 14.6. The molecule has 0 fully saturated rings. The van der Waals surface area contributed by atoms with E-state index in [1.807, 2.05) is 41.1 Å². The van der Waals surface area contributed by atoms with Crippen molar-refractivity contribution < 1.29 is 4.92 Å². The molecule has 0 saturated carbocycles. The third-order valence-corrected chi connectivity index (χ3v) is 5.51. The molecule has 0 atom stereocenters. The van der Waals surface area contributed by atoms with Crippen LogP contribution in [0.3, 0.4) is 0 Å². The van der Waals surface area contributed by atoms with Gasteiger partial charge in [-0.3, -0.25) is 15.1 Å². The fraction of sp³-hybridized carbons (Fsp3) is 0.0476. The summed E-state index contributed by atoms with van der Waals surface area (Å²) in [6.45, 7) is 0.502. The molecular weight excluding hydrogens is 372 g/mol. The lowest BCUT2D eigenvalue weighted by atomic mass is 10.2. The predicted octanol–water partition coefficient (Wildman–Crippen LogP) is 5.02. The quantitative estimate of drug-likeness (QED) is 0.355. The number of aromatic nitrogens is 2. The van der Waals surface area contributed by atoms with Gasteiger partial charge in [0.1, 0.15) is 0 Å². The zero-order chi connectivity index (χ0) is 19.5. The van der Waals surface area contributed by atoms with Crippen molar-refractivity contribution in [3.8, 4) is 6.07 Å². The molecule has 0 saturated heterocycles. The Morgan fingerprint density at radius 3 is 2.75 bits per heavy atom. The molecular formula is C21H14N4O2S. The second kappa shape index (κ2) is 7.55. The molecule has 0 aliphatic heterocycles. The average Bonchev–Trinajstić information content (AvgIpc) is 3.11. The molecule has 0 spiro atoms. The Balaban J connectivity index is 1.70. The van der Waals surface area contributed by atoms with Crippen LogP contribution in [0, 0.1) is 21.4 Å². The van der Waals surface area contributed by atoms with E-state index in [0.717, 1.165) is 21.5 Å². The minimum atomic E-state index is -0.374. The van der Waals surface area contributed by atoms with Crippen LogP contribution in [0.4, 0.5) is 5.69 Å². The van der Waals surface area contributed by atoms with Gasteiger partial charge < -0.3 is 4.57 Å². The largest absolute Gasteiger partial charge is 0.341 e. The molecule has 7 heteroatoms. The number of benzene rings is 2. The molecule has 0 aliphatic rings. The predicted molar refractivity (Wildman–Crippen MR) is 107 cm³/mol. The summed E-state index contributed by atoms with van der Waals surface area (Å²) in [5, 5.41) is 21.5. The second-order valence-electron chi connectivity index (χ2n) is 6.10. The Hall–Kier alpha value is -3.63. The first-order chi connectivity index (χ1) is 13.7. The number of fused-ring (bicyclic) bond motifs is 1. The van der Waals surface area contributed by atoms with Gasteiger partial charge >= 0.3 is 0 Å². The van der Waals surface area contributed by atoms with Gasteiger partial charge in [-0.15, -0.1) is 0 Å². The fourth-order valence-electron chi connectivity index (χ4n) is 3.00. The van der Waals surface area contributed by atoms with E-state index in [-0.39, 0.29) is 10.6 Å². The van der Waals surface area contributed by atoms with E-state index in [4.69, 9.17) is 5.26 Å². The minimum Gasteiger partial charge on any atom is -0.341 e. The number of nitro groups is 1. The Morgan fingerprint density at radius 2 is 1.93 bits per heavy atom. The summed E-state index contributed by atoms with van der Waals surface area (Å²) in [6.07, 6.45) is 3.67. The van der Waals surface area contributed by atoms with E-state index in [2.05, 4.69) is 11.1 Å². The summed E-state index contributed by atoms with van der Waals surface area (Å²) in [7, 11) is 0. The highest BCUT2D eigenvalue weighted by Crippen LogP contribution is 2.36. The number of rotatable bonds is 5. The minimum absolute atomic E-state index is 0.0763. The van der Waals surface area contributed by atoms with Crippen LogP contribution < -0.4 is 0 Å². The van der Waals surface area contributed by atoms with E-state index < -0.39 is 0 Å². The summed E-state index contributed by atoms with van der Waals surface area (Å²) in [5.41, 5.74) is 2.44. The zero-order valence-corrected chi connectivity index (χ0v) is 15.5. The van der Waals surface area contributed by atoms with Crippen LogP contribution in [-0.2, 0) is 6.54 Å². The lowest BCUT2D eigenvalue weighted by Crippen LogP contribution is -2.02. The third-order valence-electron chi connectivity index (χ3n) is 4.35. The van der Waals surface area contributed by atoms with Gasteiger partial charge in [0, 0.05) is 28.9 Å². The average molecular weight is 386 g/mol. The molecule has 0 bridgehead atoms. The molecule has 2 aromatic carbocycles. The van der Waals surface area contributed by atoms with Crippen LogP contribution in [0.15, 0.2) is 82.8 Å². The maximum Gasteiger partial charge on any atom is 0.283 e. The second-order valence-corrected chi connectivity index (χ2v) is 7.19. The third kappa shape index (κ3) is 3.46. The molecule has 2 heterocycles. The number of hydrogen-bond acceptors (Lipinski definition) is 5. The number of nitrogens with zero attached hydrogens (tertiary/aromatic N) is 4. The van der Waals surface area contributed by atoms with Crippen LogP contribution in [0.25, 0.3) is 10.9 Å². The van der Waals surface area contributed by atoms with Crippen LogP contribution in [0.1, 0.15) is 11.3 Å². The highest BCUT2D eigenvalue weighted by Gasteiger charge is 2.16. The summed E-state index contributed by atoms with van der Waals surface area (Å²) in [4.78, 5) is 16.9. The molecule has 2 aromatic heterocycles. The summed E-state index contributed by atoms with van der Waals surface area (Å²) in [5.74, 6) is 0. The highest BCUT2D eigenvalue weighted by molar-refractivity contribution is 7.99. The maximum atomic E-state index is 11.3. The Kier molecular flexibility index (Phi) is 4.79. The normalized spacial score (nSPS) is 10.7. The SMILES string of the molecule is N#Cc1ccc2ccn(Cc3ncccc3Sc3ccccc3[N+](=O)[O-])c2c1. The fourth-order valence-corrected chi connectivity index (χ4v) is 4.01. The smallest absolute Gasteiger partial charge is 0.283 e. The number of para-hydroxylation sites is 1. The molecule has 0 unspecified atom stereocenters. The molecule has 4 rings (SSSR count). The maximum absolute atomic E-state index is 11.3. The van der Waals surface area contributed by atoms with Gasteiger partial charge in [0.05, 0.1) is 33.7 Å². The summed E-state index contributed by atoms with van der Waals surface area (Å²) >= 11 is 1.33. The Labute approximate surface area is 165 Å². The lowest BCUT2D eigenvalue weighted by molar-refractivity contribution is -0.387. The van der Waals surface area contributed by atoms with Gasteiger partial charge in [-0.05, 0) is 41.8 Å². The van der Waals surface area contributed by atoms with Gasteiger partial charge in [-0.2, -0.15) is 5.26 Å². The number of hydrogen-bond donors (Lipinski definition) is 0. The van der Waals surface area contributed by atoms with Crippen molar-refractivity contribution in [3.63, 3.8) is 0 Å². The van der Waals surface area contributed by atoms with Crippen molar-refractivity contribution >= 4 is 28.4 Å². The summed E-state index contributed by atoms with van der Waals surface area (Å²) in [6, 6.07) is 20.1. The van der Waals surface area contributed by atoms with E-state index in [0.29, 0.717) is 17.0 Å². The number of nitro benzene ring substituents is 1. The molecule has 4 aromatic rings. The Morgan fingerprint density at radius 1 is 1.11 bits per heavy atom. The molecule has 0 amide bonds. The first kappa shape index (κ1) is 17.8.